The van der Waals surface area contributed by atoms with Crippen LogP contribution >= 0.6 is 0 Å². The number of benzene rings is 1. The van der Waals surface area contributed by atoms with Gasteiger partial charge in [0.05, 0.1) is 18.9 Å². The van der Waals surface area contributed by atoms with Gasteiger partial charge >= 0.3 is 0 Å². The minimum absolute atomic E-state index is 0.148. The topological polar surface area (TPSA) is 76.5 Å². The minimum Gasteiger partial charge on any atom is -0.434 e. The molecule has 1 atom stereocenters. The van der Waals surface area contributed by atoms with E-state index in [1.54, 1.807) is 30.6 Å². The maximum Gasteiger partial charge on any atom is 0.241 e. The standard InChI is InChI=1S/C24H27FN6O2/c25-20-5-1-2-6-21(20)33-23-22(26-9-10-27-23)18-4-3-11-30(16-18)17-19-7-8-28-24(29-19)31-12-14-32-15-13-31/h1-2,5-10,18H,3-4,11-17H2. The van der Waals surface area contributed by atoms with Crippen molar-refractivity contribution in [1.82, 2.24) is 24.8 Å². The van der Waals surface area contributed by atoms with Gasteiger partial charge in [0, 0.05) is 50.7 Å². The highest BCUT2D eigenvalue weighted by molar-refractivity contribution is 5.32. The third-order valence-electron chi connectivity index (χ3n) is 6.01. The van der Waals surface area contributed by atoms with E-state index >= 15 is 0 Å². The molecule has 3 aromatic rings. The van der Waals surface area contributed by atoms with Gasteiger partial charge in [-0.3, -0.25) is 9.88 Å². The van der Waals surface area contributed by atoms with Gasteiger partial charge in [-0.25, -0.2) is 19.3 Å². The average Bonchev–Trinajstić information content (AvgIpc) is 2.87. The monoisotopic (exact) mass is 450 g/mol. The zero-order valence-corrected chi connectivity index (χ0v) is 18.4. The molecule has 5 rings (SSSR count). The van der Waals surface area contributed by atoms with Crippen molar-refractivity contribution >= 4 is 5.95 Å². The summed E-state index contributed by atoms with van der Waals surface area (Å²) in [5, 5.41) is 0. The van der Waals surface area contributed by atoms with E-state index in [2.05, 4.69) is 24.8 Å². The van der Waals surface area contributed by atoms with Crippen LogP contribution in [-0.4, -0.2) is 64.2 Å². The number of aromatic nitrogens is 4. The summed E-state index contributed by atoms with van der Waals surface area (Å²) < 4.78 is 25.4. The van der Waals surface area contributed by atoms with Crippen LogP contribution in [0.15, 0.2) is 48.9 Å². The maximum atomic E-state index is 14.1. The van der Waals surface area contributed by atoms with Crippen LogP contribution in [0.1, 0.15) is 30.1 Å². The lowest BCUT2D eigenvalue weighted by Gasteiger charge is -2.32. The summed E-state index contributed by atoms with van der Waals surface area (Å²) in [5.74, 6) is 1.02. The zero-order valence-electron chi connectivity index (χ0n) is 18.4. The highest BCUT2D eigenvalue weighted by Crippen LogP contribution is 2.33. The zero-order chi connectivity index (χ0) is 22.5. The molecule has 0 radical (unpaired) electrons. The molecule has 0 aliphatic carbocycles. The van der Waals surface area contributed by atoms with E-state index in [0.29, 0.717) is 19.1 Å². The fourth-order valence-electron chi connectivity index (χ4n) is 4.37. The number of rotatable bonds is 6. The molecule has 0 saturated carbocycles. The molecule has 8 nitrogen and oxygen atoms in total. The third-order valence-corrected chi connectivity index (χ3v) is 6.01. The Morgan fingerprint density at radius 2 is 1.85 bits per heavy atom. The van der Waals surface area contributed by atoms with Crippen molar-refractivity contribution in [2.75, 3.05) is 44.3 Å². The molecule has 1 aromatic carbocycles. The average molecular weight is 451 g/mol. The number of para-hydroxylation sites is 1. The summed E-state index contributed by atoms with van der Waals surface area (Å²) in [4.78, 5) is 22.7. The predicted molar refractivity (Wildman–Crippen MR) is 121 cm³/mol. The molecule has 9 heteroatoms. The van der Waals surface area contributed by atoms with Crippen molar-refractivity contribution in [1.29, 1.82) is 0 Å². The number of nitrogens with zero attached hydrogens (tertiary/aromatic N) is 6. The highest BCUT2D eigenvalue weighted by Gasteiger charge is 2.27. The first kappa shape index (κ1) is 21.7. The molecule has 2 aromatic heterocycles. The van der Waals surface area contributed by atoms with E-state index < -0.39 is 5.82 Å². The smallest absolute Gasteiger partial charge is 0.241 e. The Kier molecular flexibility index (Phi) is 6.68. The summed E-state index contributed by atoms with van der Waals surface area (Å²) in [5.41, 5.74) is 1.76. The van der Waals surface area contributed by atoms with Crippen LogP contribution in [0.5, 0.6) is 11.6 Å². The van der Waals surface area contributed by atoms with Crippen molar-refractivity contribution < 1.29 is 13.9 Å². The lowest BCUT2D eigenvalue weighted by molar-refractivity contribution is 0.122. The van der Waals surface area contributed by atoms with E-state index in [4.69, 9.17) is 14.5 Å². The summed E-state index contributed by atoms with van der Waals surface area (Å²) in [6, 6.07) is 8.32. The Morgan fingerprint density at radius 1 is 1.00 bits per heavy atom. The van der Waals surface area contributed by atoms with Gasteiger partial charge in [0.25, 0.3) is 0 Å². The summed E-state index contributed by atoms with van der Waals surface area (Å²) in [6.45, 7) is 5.56. The molecule has 33 heavy (non-hydrogen) atoms. The Balaban J connectivity index is 1.29. The SMILES string of the molecule is Fc1ccccc1Oc1nccnc1C1CCCN(Cc2ccnc(N3CCOCC3)n2)C1. The molecular weight excluding hydrogens is 423 g/mol. The fraction of sp³-hybridized carbons (Fsp3) is 0.417. The van der Waals surface area contributed by atoms with E-state index in [1.807, 2.05) is 12.3 Å². The summed E-state index contributed by atoms with van der Waals surface area (Å²) >= 11 is 0. The summed E-state index contributed by atoms with van der Waals surface area (Å²) in [7, 11) is 0. The Bertz CT molecular complexity index is 1080. The van der Waals surface area contributed by atoms with Gasteiger partial charge in [0.15, 0.2) is 11.6 Å². The van der Waals surface area contributed by atoms with Gasteiger partial charge in [-0.15, -0.1) is 0 Å². The van der Waals surface area contributed by atoms with Crippen molar-refractivity contribution in [3.63, 3.8) is 0 Å². The first-order chi connectivity index (χ1) is 16.3. The van der Waals surface area contributed by atoms with Crippen LogP contribution in [0.25, 0.3) is 0 Å². The number of halogens is 1. The lowest BCUT2D eigenvalue weighted by Crippen LogP contribution is -2.38. The number of anilines is 1. The first-order valence-corrected chi connectivity index (χ1v) is 11.4. The number of piperidine rings is 1. The second-order valence-electron chi connectivity index (χ2n) is 8.30. The molecule has 1 unspecified atom stereocenters. The fourth-order valence-corrected chi connectivity index (χ4v) is 4.37. The number of hydrogen-bond donors (Lipinski definition) is 0. The van der Waals surface area contributed by atoms with Gasteiger partial charge in [0.1, 0.15) is 5.69 Å². The largest absolute Gasteiger partial charge is 0.434 e. The predicted octanol–water partition coefficient (Wildman–Crippen LogP) is 3.41. The van der Waals surface area contributed by atoms with Crippen LogP contribution in [0.2, 0.25) is 0 Å². The van der Waals surface area contributed by atoms with Crippen LogP contribution in [0.3, 0.4) is 0 Å². The van der Waals surface area contributed by atoms with Gasteiger partial charge in [0.2, 0.25) is 11.8 Å². The maximum absolute atomic E-state index is 14.1. The Morgan fingerprint density at radius 3 is 2.73 bits per heavy atom. The second-order valence-corrected chi connectivity index (χ2v) is 8.30. The molecule has 2 aliphatic rings. The Hall–Kier alpha value is -3.17. The number of likely N-dealkylation sites (tertiary alicyclic amines) is 1. The molecule has 2 aliphatic heterocycles. The molecule has 0 spiro atoms. The van der Waals surface area contributed by atoms with Crippen LogP contribution in [0, 0.1) is 5.82 Å². The highest BCUT2D eigenvalue weighted by atomic mass is 19.1. The van der Waals surface area contributed by atoms with Crippen LogP contribution in [0.4, 0.5) is 10.3 Å². The molecule has 4 heterocycles. The molecular formula is C24H27FN6O2. The second kappa shape index (κ2) is 10.2. The third kappa shape index (κ3) is 5.26. The van der Waals surface area contributed by atoms with Crippen molar-refractivity contribution in [2.24, 2.45) is 0 Å². The van der Waals surface area contributed by atoms with Crippen LogP contribution < -0.4 is 9.64 Å². The molecule has 172 valence electrons. The van der Waals surface area contributed by atoms with Gasteiger partial charge in [-0.05, 0) is 37.6 Å². The first-order valence-electron chi connectivity index (χ1n) is 11.4. The van der Waals surface area contributed by atoms with E-state index in [0.717, 1.165) is 62.9 Å². The lowest BCUT2D eigenvalue weighted by atomic mass is 9.94. The Labute approximate surface area is 192 Å². The molecule has 2 saturated heterocycles. The molecule has 0 bridgehead atoms. The number of hydrogen-bond acceptors (Lipinski definition) is 8. The van der Waals surface area contributed by atoms with Crippen molar-refractivity contribution in [2.45, 2.75) is 25.3 Å². The number of morpholine rings is 1. The van der Waals surface area contributed by atoms with E-state index in [-0.39, 0.29) is 11.7 Å². The normalized spacial score (nSPS) is 19.4. The van der Waals surface area contributed by atoms with Gasteiger partial charge in [-0.1, -0.05) is 12.1 Å². The molecule has 2 fully saturated rings. The quantitative estimate of drug-likeness (QED) is 0.566. The van der Waals surface area contributed by atoms with E-state index in [1.165, 1.54) is 6.07 Å². The van der Waals surface area contributed by atoms with Crippen molar-refractivity contribution in [3.8, 4) is 11.6 Å². The van der Waals surface area contributed by atoms with Crippen LogP contribution in [-0.2, 0) is 11.3 Å². The molecule has 0 amide bonds. The van der Waals surface area contributed by atoms with Gasteiger partial charge < -0.3 is 14.4 Å². The summed E-state index contributed by atoms with van der Waals surface area (Å²) in [6.07, 6.45) is 7.08. The van der Waals surface area contributed by atoms with Gasteiger partial charge in [-0.2, -0.15) is 0 Å². The van der Waals surface area contributed by atoms with Crippen molar-refractivity contribution in [3.05, 3.63) is 66.1 Å². The minimum atomic E-state index is -0.417. The molecule has 0 N–H and O–H groups in total. The number of ether oxygens (including phenoxy) is 2. The van der Waals surface area contributed by atoms with E-state index in [9.17, 15) is 4.39 Å².